The molecule has 2 bridgehead atoms. The number of likely N-dealkylation sites (tertiary alicyclic amines) is 1. The highest BCUT2D eigenvalue weighted by Gasteiger charge is 2.51. The summed E-state index contributed by atoms with van der Waals surface area (Å²) in [5, 5.41) is 5.04. The summed E-state index contributed by atoms with van der Waals surface area (Å²) in [6.07, 6.45) is -4.78. The van der Waals surface area contributed by atoms with Gasteiger partial charge in [0, 0.05) is 73.5 Å². The normalized spacial score (nSPS) is 28.0. The Kier molecular flexibility index (Phi) is 8.91. The lowest BCUT2D eigenvalue weighted by molar-refractivity contribution is -0.136. The molecule has 3 aliphatic heterocycles. The van der Waals surface area contributed by atoms with Crippen LogP contribution < -0.4 is 25.2 Å². The smallest absolute Gasteiger partial charge is 0.421 e. The van der Waals surface area contributed by atoms with Gasteiger partial charge < -0.3 is 20.3 Å². The van der Waals surface area contributed by atoms with Crippen molar-refractivity contribution < 1.29 is 45.1 Å². The number of benzene rings is 1. The predicted molar refractivity (Wildman–Crippen MR) is 157 cm³/mol. The van der Waals surface area contributed by atoms with Crippen LogP contribution in [0.25, 0.3) is 0 Å². The van der Waals surface area contributed by atoms with Crippen LogP contribution in [0.2, 0.25) is 0 Å². The number of pyridine rings is 1. The summed E-state index contributed by atoms with van der Waals surface area (Å²) in [5.41, 5.74) is -1.92. The summed E-state index contributed by atoms with van der Waals surface area (Å²) >= 11 is 0. The molecule has 2 aromatic rings. The monoisotopic (exact) mass is 672 g/mol. The van der Waals surface area contributed by atoms with Crippen molar-refractivity contribution in [3.63, 3.8) is 0 Å². The number of amides is 3. The highest BCUT2D eigenvalue weighted by Crippen LogP contribution is 2.47. The van der Waals surface area contributed by atoms with Crippen LogP contribution >= 0.6 is 0 Å². The zero-order valence-corrected chi connectivity index (χ0v) is 25.7. The summed E-state index contributed by atoms with van der Waals surface area (Å²) in [6, 6.07) is -0.218. The van der Waals surface area contributed by atoms with Gasteiger partial charge in [-0.2, -0.15) is 13.2 Å². The Bertz CT molecular complexity index is 1490. The van der Waals surface area contributed by atoms with Crippen LogP contribution in [0.15, 0.2) is 24.4 Å². The van der Waals surface area contributed by atoms with E-state index in [-0.39, 0.29) is 49.2 Å². The van der Waals surface area contributed by atoms with Crippen molar-refractivity contribution in [3.05, 3.63) is 47.2 Å². The van der Waals surface area contributed by atoms with E-state index in [0.29, 0.717) is 19.5 Å². The Labute approximate surface area is 266 Å². The fourth-order valence-electron chi connectivity index (χ4n) is 7.58. The molecule has 47 heavy (non-hydrogen) atoms. The number of likely N-dealkylation sites (N-methyl/N-ethyl adjacent to an activating group) is 1. The summed E-state index contributed by atoms with van der Waals surface area (Å²) in [7, 11) is 3.10. The molecule has 9 nitrogen and oxygen atoms in total. The summed E-state index contributed by atoms with van der Waals surface area (Å²) in [4.78, 5) is 35.5. The number of carbonyl (C=O) groups is 2. The molecule has 3 saturated heterocycles. The van der Waals surface area contributed by atoms with E-state index >= 15 is 8.78 Å². The molecule has 2 N–H and O–H groups in total. The van der Waals surface area contributed by atoms with Gasteiger partial charge in [-0.1, -0.05) is 0 Å². The van der Waals surface area contributed by atoms with Gasteiger partial charge >= 0.3 is 12.2 Å². The third kappa shape index (κ3) is 6.27. The van der Waals surface area contributed by atoms with Crippen molar-refractivity contribution in [1.82, 2.24) is 20.5 Å². The zero-order valence-electron chi connectivity index (χ0n) is 25.7. The molecule has 4 atom stereocenters. The van der Waals surface area contributed by atoms with E-state index in [1.807, 2.05) is 7.05 Å². The predicted octanol–water partition coefficient (Wildman–Crippen LogP) is 4.90. The number of aromatic nitrogens is 1. The van der Waals surface area contributed by atoms with Crippen LogP contribution in [0.1, 0.15) is 49.1 Å². The molecule has 16 heteroatoms. The SMILES string of the molecule is COc1cc(F)c([C@@H]2CN(c3nccc(N4C[C@@H]5C[C@H]4CN5C)c3C(F)(F)F)C(=O)[C@@H]2NC(=O)N[C@H]2CC[C@H](C(F)F)CC2)c(F)c1. The summed E-state index contributed by atoms with van der Waals surface area (Å²) in [5.74, 6) is -6.43. The number of urea groups is 1. The Morgan fingerprint density at radius 3 is 2.26 bits per heavy atom. The number of alkyl halides is 5. The Morgan fingerprint density at radius 2 is 1.70 bits per heavy atom. The van der Waals surface area contributed by atoms with Crippen LogP contribution in [-0.2, 0) is 11.0 Å². The lowest BCUT2D eigenvalue weighted by atomic mass is 9.86. The number of carbonyl (C=O) groups excluding carboxylic acids is 2. The first-order valence-corrected chi connectivity index (χ1v) is 15.5. The largest absolute Gasteiger partial charge is 0.497 e. The molecule has 0 unspecified atom stereocenters. The number of hydrogen-bond donors (Lipinski definition) is 2. The second-order valence-electron chi connectivity index (χ2n) is 12.8. The van der Waals surface area contributed by atoms with Gasteiger partial charge in [0.1, 0.15) is 34.8 Å². The quantitative estimate of drug-likeness (QED) is 0.407. The fourth-order valence-corrected chi connectivity index (χ4v) is 7.58. The van der Waals surface area contributed by atoms with Gasteiger partial charge in [0.05, 0.1) is 12.8 Å². The molecular formula is C31H35F7N6O3. The number of rotatable bonds is 7. The van der Waals surface area contributed by atoms with E-state index in [2.05, 4.69) is 20.5 Å². The number of piperazine rings is 1. The van der Waals surface area contributed by atoms with Crippen molar-refractivity contribution in [2.24, 2.45) is 5.92 Å². The van der Waals surface area contributed by atoms with Crippen LogP contribution in [0.4, 0.5) is 47.0 Å². The Morgan fingerprint density at radius 1 is 1.02 bits per heavy atom. The molecule has 1 saturated carbocycles. The Balaban J connectivity index is 1.33. The number of nitrogens with zero attached hydrogens (tertiary/aromatic N) is 4. The highest BCUT2D eigenvalue weighted by atomic mass is 19.4. The average Bonchev–Trinajstić information content (AvgIpc) is 3.69. The molecule has 4 heterocycles. The maximum atomic E-state index is 15.4. The van der Waals surface area contributed by atoms with E-state index in [4.69, 9.17) is 4.74 Å². The second kappa shape index (κ2) is 12.7. The van der Waals surface area contributed by atoms with E-state index in [1.165, 1.54) is 13.2 Å². The molecular weight excluding hydrogens is 637 g/mol. The minimum atomic E-state index is -4.96. The first-order valence-electron chi connectivity index (χ1n) is 15.5. The number of nitrogens with one attached hydrogen (secondary N) is 2. The van der Waals surface area contributed by atoms with E-state index < -0.39 is 83.6 Å². The number of anilines is 2. The second-order valence-corrected chi connectivity index (χ2v) is 12.8. The van der Waals surface area contributed by atoms with Crippen molar-refractivity contribution in [2.75, 3.05) is 43.6 Å². The zero-order chi connectivity index (χ0) is 33.8. The first kappa shape index (κ1) is 33.1. The van der Waals surface area contributed by atoms with Gasteiger partial charge in [0.25, 0.3) is 5.91 Å². The minimum Gasteiger partial charge on any atom is -0.497 e. The maximum Gasteiger partial charge on any atom is 0.421 e. The maximum absolute atomic E-state index is 15.4. The molecule has 0 radical (unpaired) electrons. The topological polar surface area (TPSA) is 90.0 Å². The van der Waals surface area contributed by atoms with Crippen LogP contribution in [0.5, 0.6) is 5.75 Å². The van der Waals surface area contributed by atoms with Crippen LogP contribution in [-0.4, -0.2) is 86.2 Å². The number of halogens is 7. The van der Waals surface area contributed by atoms with Gasteiger partial charge in [-0.25, -0.2) is 27.3 Å². The fraction of sp³-hybridized carbons (Fsp3) is 0.581. The van der Waals surface area contributed by atoms with Gasteiger partial charge in [-0.3, -0.25) is 14.6 Å². The van der Waals surface area contributed by atoms with Crippen molar-refractivity contribution >= 4 is 23.4 Å². The first-order chi connectivity index (χ1) is 22.3. The van der Waals surface area contributed by atoms with E-state index in [1.54, 1.807) is 4.90 Å². The molecule has 1 aliphatic carbocycles. The molecule has 1 aromatic carbocycles. The molecule has 1 aromatic heterocycles. The Hall–Kier alpha value is -3.82. The molecule has 0 spiro atoms. The number of ether oxygens (including phenoxy) is 1. The van der Waals surface area contributed by atoms with Crippen molar-refractivity contribution in [2.45, 2.75) is 74.8 Å². The lowest BCUT2D eigenvalue weighted by Crippen LogP contribution is -2.51. The van der Waals surface area contributed by atoms with Gasteiger partial charge in [-0.15, -0.1) is 0 Å². The number of methoxy groups -OCH3 is 1. The standard InChI is InChI=1S/C31H35F7N6O3/c1-42-12-18-9-17(42)13-43(18)23-7-8-39-28(25(23)31(36,37)38)44-14-20(24-21(32)10-19(47-2)11-22(24)33)26(29(44)45)41-30(46)40-16-5-3-15(4-6-16)27(34)35/h7-8,10-11,15-18,20,26-27H,3-6,9,12-14H2,1-2H3,(H2,40,41,46)/t15-,16-,17-,18-,20-,26+/m0/s1. The minimum absolute atomic E-state index is 0.0639. The molecule has 4 aliphatic rings. The van der Waals surface area contributed by atoms with Gasteiger partial charge in [0.15, 0.2) is 0 Å². The molecule has 3 amide bonds. The van der Waals surface area contributed by atoms with E-state index in [9.17, 15) is 31.5 Å². The summed E-state index contributed by atoms with van der Waals surface area (Å²) < 4.78 is 107. The van der Waals surface area contributed by atoms with Crippen LogP contribution in [0.3, 0.4) is 0 Å². The van der Waals surface area contributed by atoms with Crippen molar-refractivity contribution in [3.8, 4) is 5.75 Å². The third-order valence-corrected chi connectivity index (χ3v) is 9.99. The molecule has 6 rings (SSSR count). The lowest BCUT2D eigenvalue weighted by Gasteiger charge is -2.35. The van der Waals surface area contributed by atoms with E-state index in [0.717, 1.165) is 23.2 Å². The third-order valence-electron chi connectivity index (χ3n) is 9.99. The van der Waals surface area contributed by atoms with Crippen LogP contribution in [0, 0.1) is 17.6 Å². The number of hydrogen-bond acceptors (Lipinski definition) is 6. The molecule has 4 fully saturated rings. The molecule has 256 valence electrons. The van der Waals surface area contributed by atoms with Crippen molar-refractivity contribution in [1.29, 1.82) is 0 Å². The average molecular weight is 673 g/mol. The highest BCUT2D eigenvalue weighted by molar-refractivity contribution is 6.03. The number of fused-ring (bicyclic) bond motifs is 2. The summed E-state index contributed by atoms with van der Waals surface area (Å²) in [6.45, 7) is 0.277. The van der Waals surface area contributed by atoms with Gasteiger partial charge in [0.2, 0.25) is 6.43 Å². The van der Waals surface area contributed by atoms with Gasteiger partial charge in [-0.05, 0) is 45.2 Å².